The largest absolute Gasteiger partial charge is 0.480 e. The van der Waals surface area contributed by atoms with E-state index >= 15 is 0 Å². The Labute approximate surface area is 101 Å². The molecule has 1 aromatic rings. The van der Waals surface area contributed by atoms with Crippen molar-refractivity contribution in [2.45, 2.75) is 13.0 Å². The van der Waals surface area contributed by atoms with Crippen LogP contribution in [-0.4, -0.2) is 23.0 Å². The summed E-state index contributed by atoms with van der Waals surface area (Å²) in [4.78, 5) is 21.7. The van der Waals surface area contributed by atoms with E-state index in [1.807, 2.05) is 0 Å². The topological polar surface area (TPSA) is 92.4 Å². The van der Waals surface area contributed by atoms with Gasteiger partial charge in [0.1, 0.15) is 5.82 Å². The van der Waals surface area contributed by atoms with Gasteiger partial charge in [-0.25, -0.2) is 9.18 Å². The fraction of sp³-hybridized carbons (Fsp3) is 0.200. The van der Waals surface area contributed by atoms with Gasteiger partial charge in [-0.1, -0.05) is 11.6 Å². The zero-order chi connectivity index (χ0) is 13.2. The Hall–Kier alpha value is -1.66. The van der Waals surface area contributed by atoms with Gasteiger partial charge in [0.15, 0.2) is 6.04 Å². The van der Waals surface area contributed by atoms with E-state index in [2.05, 4.69) is 5.32 Å². The number of halogens is 2. The number of hydrogen-bond acceptors (Lipinski definition) is 3. The van der Waals surface area contributed by atoms with Crippen molar-refractivity contribution < 1.29 is 19.1 Å². The molecule has 92 valence electrons. The number of aryl methyl sites for hydroxylation is 1. The molecule has 0 spiro atoms. The number of carbonyl (C=O) groups excluding carboxylic acids is 1. The van der Waals surface area contributed by atoms with Crippen molar-refractivity contribution in [1.82, 2.24) is 0 Å². The molecule has 1 amide bonds. The molecule has 0 aromatic heterocycles. The van der Waals surface area contributed by atoms with Crippen molar-refractivity contribution in [3.8, 4) is 0 Å². The van der Waals surface area contributed by atoms with Gasteiger partial charge in [0.05, 0.1) is 10.7 Å². The fourth-order valence-corrected chi connectivity index (χ4v) is 1.33. The minimum absolute atomic E-state index is 0.0172. The van der Waals surface area contributed by atoms with Gasteiger partial charge >= 0.3 is 5.97 Å². The Morgan fingerprint density at radius 1 is 1.53 bits per heavy atom. The molecule has 0 bridgehead atoms. The smallest absolute Gasteiger partial charge is 0.330 e. The first-order valence-electron chi connectivity index (χ1n) is 4.58. The average molecular weight is 261 g/mol. The quantitative estimate of drug-likeness (QED) is 0.711. The van der Waals surface area contributed by atoms with E-state index in [1.54, 1.807) is 0 Å². The van der Waals surface area contributed by atoms with Crippen LogP contribution in [0.15, 0.2) is 12.1 Å². The summed E-state index contributed by atoms with van der Waals surface area (Å²) >= 11 is 5.76. The Bertz CT molecular complexity index is 479. The van der Waals surface area contributed by atoms with Crippen LogP contribution in [0.3, 0.4) is 0 Å². The number of carbonyl (C=O) groups is 2. The second-order valence-electron chi connectivity index (χ2n) is 3.39. The summed E-state index contributed by atoms with van der Waals surface area (Å²) in [5.41, 5.74) is 5.38. The number of benzene rings is 1. The molecule has 1 unspecified atom stereocenters. The zero-order valence-electron chi connectivity index (χ0n) is 8.83. The van der Waals surface area contributed by atoms with Crippen molar-refractivity contribution in [3.63, 3.8) is 0 Å². The molecule has 0 aliphatic carbocycles. The van der Waals surface area contributed by atoms with E-state index in [0.29, 0.717) is 5.56 Å². The first-order chi connectivity index (χ1) is 7.82. The number of amides is 1. The van der Waals surface area contributed by atoms with Crippen LogP contribution in [0.5, 0.6) is 0 Å². The number of hydrogen-bond donors (Lipinski definition) is 3. The number of carboxylic acid groups (broad SMARTS) is 1. The van der Waals surface area contributed by atoms with Gasteiger partial charge in [-0.15, -0.1) is 0 Å². The van der Waals surface area contributed by atoms with Gasteiger partial charge in [0.25, 0.3) is 5.91 Å². The van der Waals surface area contributed by atoms with Gasteiger partial charge in [-0.05, 0) is 24.6 Å². The van der Waals surface area contributed by atoms with E-state index in [4.69, 9.17) is 22.4 Å². The van der Waals surface area contributed by atoms with Crippen LogP contribution in [0.4, 0.5) is 10.1 Å². The molecule has 1 aromatic carbocycles. The highest BCUT2D eigenvalue weighted by Gasteiger charge is 2.22. The standard InChI is InChI=1S/C10H10ClFN2O3/c1-4-2-5(11)7(3-6(4)12)14-9(15)8(13)10(16)17/h2-3,8H,13H2,1H3,(H,14,15)(H,16,17). The van der Waals surface area contributed by atoms with E-state index in [-0.39, 0.29) is 10.7 Å². The number of anilines is 1. The third kappa shape index (κ3) is 3.15. The van der Waals surface area contributed by atoms with Crippen LogP contribution in [-0.2, 0) is 9.59 Å². The van der Waals surface area contributed by atoms with Crippen molar-refractivity contribution in [2.24, 2.45) is 5.73 Å². The molecule has 17 heavy (non-hydrogen) atoms. The van der Waals surface area contributed by atoms with Crippen LogP contribution >= 0.6 is 11.6 Å². The van der Waals surface area contributed by atoms with E-state index in [1.165, 1.54) is 13.0 Å². The molecule has 0 radical (unpaired) electrons. The number of rotatable bonds is 3. The number of nitrogens with two attached hydrogens (primary N) is 1. The summed E-state index contributed by atoms with van der Waals surface area (Å²) in [5.74, 6) is -3.01. The fourth-order valence-electron chi connectivity index (χ4n) is 1.06. The molecule has 5 nitrogen and oxygen atoms in total. The molecule has 0 fully saturated rings. The number of aliphatic carboxylic acids is 1. The summed E-state index contributed by atoms with van der Waals surface area (Å²) < 4.78 is 13.2. The maximum Gasteiger partial charge on any atom is 0.330 e. The lowest BCUT2D eigenvalue weighted by atomic mass is 10.2. The maximum absolute atomic E-state index is 13.2. The summed E-state index contributed by atoms with van der Waals surface area (Å²) in [6.07, 6.45) is 0. The first-order valence-corrected chi connectivity index (χ1v) is 4.95. The Morgan fingerprint density at radius 3 is 2.65 bits per heavy atom. The molecular weight excluding hydrogens is 251 g/mol. The highest BCUT2D eigenvalue weighted by Crippen LogP contribution is 2.25. The Kier molecular flexibility index (Phi) is 4.03. The number of carboxylic acids is 1. The van der Waals surface area contributed by atoms with Crippen LogP contribution < -0.4 is 11.1 Å². The molecule has 0 aliphatic heterocycles. The SMILES string of the molecule is Cc1cc(Cl)c(NC(=O)C(N)C(=O)O)cc1F. The van der Waals surface area contributed by atoms with Gasteiger partial charge in [-0.2, -0.15) is 0 Å². The highest BCUT2D eigenvalue weighted by atomic mass is 35.5. The third-order valence-corrected chi connectivity index (χ3v) is 2.37. The molecule has 0 aliphatic rings. The predicted molar refractivity (Wildman–Crippen MR) is 60.4 cm³/mol. The Morgan fingerprint density at radius 2 is 2.12 bits per heavy atom. The predicted octanol–water partition coefficient (Wildman–Crippen LogP) is 1.14. The number of nitrogens with one attached hydrogen (secondary N) is 1. The second-order valence-corrected chi connectivity index (χ2v) is 3.79. The lowest BCUT2D eigenvalue weighted by Gasteiger charge is -2.10. The van der Waals surface area contributed by atoms with Crippen molar-refractivity contribution >= 4 is 29.2 Å². The van der Waals surface area contributed by atoms with Gasteiger partial charge in [-0.3, -0.25) is 4.79 Å². The van der Waals surface area contributed by atoms with Gasteiger partial charge in [0, 0.05) is 0 Å². The minimum atomic E-state index is -1.73. The summed E-state index contributed by atoms with van der Waals surface area (Å²) in [7, 11) is 0. The molecular formula is C10H10ClFN2O3. The van der Waals surface area contributed by atoms with Crippen LogP contribution in [0.2, 0.25) is 5.02 Å². The third-order valence-electron chi connectivity index (χ3n) is 2.05. The summed E-state index contributed by atoms with van der Waals surface area (Å²) in [5, 5.41) is 10.8. The summed E-state index contributed by atoms with van der Waals surface area (Å²) in [6, 6.07) is 0.596. The first kappa shape index (κ1) is 13.4. The van der Waals surface area contributed by atoms with Gasteiger partial charge < -0.3 is 16.2 Å². The second kappa shape index (κ2) is 5.11. The molecule has 4 N–H and O–H groups in total. The van der Waals surface area contributed by atoms with Crippen molar-refractivity contribution in [2.75, 3.05) is 5.32 Å². The lowest BCUT2D eigenvalue weighted by molar-refractivity contribution is -0.141. The van der Waals surface area contributed by atoms with Crippen LogP contribution in [0.1, 0.15) is 5.56 Å². The highest BCUT2D eigenvalue weighted by molar-refractivity contribution is 6.34. The monoisotopic (exact) mass is 260 g/mol. The maximum atomic E-state index is 13.2. The zero-order valence-corrected chi connectivity index (χ0v) is 9.58. The molecule has 1 rings (SSSR count). The van der Waals surface area contributed by atoms with Crippen LogP contribution in [0.25, 0.3) is 0 Å². The average Bonchev–Trinajstić information content (AvgIpc) is 2.24. The van der Waals surface area contributed by atoms with E-state index < -0.39 is 23.7 Å². The molecule has 1 atom stereocenters. The van der Waals surface area contributed by atoms with Crippen molar-refractivity contribution in [3.05, 3.63) is 28.5 Å². The lowest BCUT2D eigenvalue weighted by Crippen LogP contribution is -2.42. The minimum Gasteiger partial charge on any atom is -0.480 e. The van der Waals surface area contributed by atoms with E-state index in [0.717, 1.165) is 6.07 Å². The summed E-state index contributed by atoms with van der Waals surface area (Å²) in [6.45, 7) is 1.51. The van der Waals surface area contributed by atoms with Crippen LogP contribution in [0, 0.1) is 12.7 Å². The molecule has 7 heteroatoms. The Balaban J connectivity index is 2.93. The van der Waals surface area contributed by atoms with E-state index in [9.17, 15) is 14.0 Å². The molecule has 0 heterocycles. The van der Waals surface area contributed by atoms with Gasteiger partial charge in [0.2, 0.25) is 0 Å². The van der Waals surface area contributed by atoms with Crippen molar-refractivity contribution in [1.29, 1.82) is 0 Å². The normalized spacial score (nSPS) is 12.0. The molecule has 0 saturated carbocycles. The molecule has 0 saturated heterocycles.